The molecule has 1 N–H and O–H groups in total. The van der Waals surface area contributed by atoms with Crippen molar-refractivity contribution in [1.29, 1.82) is 0 Å². The first-order valence-corrected chi connectivity index (χ1v) is 20.0. The van der Waals surface area contributed by atoms with Gasteiger partial charge in [-0.1, -0.05) is 65.8 Å². The molecule has 0 bridgehead atoms. The van der Waals surface area contributed by atoms with Gasteiger partial charge >= 0.3 is 0 Å². The lowest BCUT2D eigenvalue weighted by Crippen LogP contribution is -2.58. The van der Waals surface area contributed by atoms with Gasteiger partial charge in [-0.3, -0.25) is 0 Å². The van der Waals surface area contributed by atoms with Gasteiger partial charge < -0.3 is 28.9 Å². The number of piperidine rings is 1. The van der Waals surface area contributed by atoms with E-state index in [2.05, 4.69) is 63.9 Å². The summed E-state index contributed by atoms with van der Waals surface area (Å²) < 4.78 is 50.8. The maximum absolute atomic E-state index is 12.9. The van der Waals surface area contributed by atoms with Crippen LogP contribution in [0.5, 0.6) is 5.75 Å². The minimum absolute atomic E-state index is 0.0740. The molecule has 1 saturated heterocycles. The number of alkyl halides is 1. The van der Waals surface area contributed by atoms with Crippen molar-refractivity contribution in [2.75, 3.05) is 51.4 Å². The molecule has 0 aromatic heterocycles. The molecule has 2 aromatic carbocycles. The van der Waals surface area contributed by atoms with Crippen LogP contribution in [0.2, 0.25) is 16.6 Å². The van der Waals surface area contributed by atoms with Crippen LogP contribution in [0.25, 0.3) is 0 Å². The maximum atomic E-state index is 12.9. The molecule has 1 fully saturated rings. The standard InChI is InChI=1S/C34H51ClN2O6SSi/c1-23(2)45(24(3)4,25(5)6)43-32-22-36-21-31(33(32)27-11-9-26(20-35)10-12-27)42-34(44(38)39)28-13-14-30-29(19-28)37(16-18-41-30)15-8-17-40-7/h9-14,19,23-25,31-33,36H,8,15-18,20-22H2,1-7H3/t31-,32+,33+/m0/s1. The fraction of sp³-hybridized carbons (Fsp3) is 0.618. The van der Waals surface area contributed by atoms with Gasteiger partial charge in [0.05, 0.1) is 24.4 Å². The summed E-state index contributed by atoms with van der Waals surface area (Å²) in [5.41, 5.74) is 4.65. The topological polar surface area (TPSA) is 86.3 Å². The molecule has 45 heavy (non-hydrogen) atoms. The molecule has 3 atom stereocenters. The second kappa shape index (κ2) is 16.3. The van der Waals surface area contributed by atoms with Crippen LogP contribution < -0.4 is 15.0 Å². The van der Waals surface area contributed by atoms with Crippen molar-refractivity contribution in [3.8, 4) is 5.75 Å². The van der Waals surface area contributed by atoms with E-state index in [1.807, 2.05) is 24.3 Å². The molecule has 0 aliphatic carbocycles. The van der Waals surface area contributed by atoms with Crippen molar-refractivity contribution in [2.45, 2.75) is 88.6 Å². The van der Waals surface area contributed by atoms with Gasteiger partial charge in [-0.05, 0) is 52.4 Å². The van der Waals surface area contributed by atoms with Crippen LogP contribution in [0.4, 0.5) is 5.69 Å². The largest absolute Gasteiger partial charge is 0.490 e. The minimum Gasteiger partial charge on any atom is -0.490 e. The van der Waals surface area contributed by atoms with Crippen molar-refractivity contribution in [3.05, 3.63) is 59.2 Å². The summed E-state index contributed by atoms with van der Waals surface area (Å²) in [5, 5.41) is 3.45. The highest BCUT2D eigenvalue weighted by atomic mass is 35.5. The van der Waals surface area contributed by atoms with Crippen LogP contribution in [0.1, 0.15) is 70.6 Å². The Morgan fingerprint density at radius 3 is 2.29 bits per heavy atom. The zero-order valence-corrected chi connectivity index (χ0v) is 30.4. The number of ether oxygens (including phenoxy) is 3. The molecule has 0 radical (unpaired) electrons. The van der Waals surface area contributed by atoms with Gasteiger partial charge in [0.25, 0.3) is 0 Å². The molecular weight excluding hydrogens is 628 g/mol. The molecular formula is C34H51ClN2O6SSi. The summed E-state index contributed by atoms with van der Waals surface area (Å²) in [6.07, 6.45) is 0.175. The van der Waals surface area contributed by atoms with Crippen LogP contribution in [-0.4, -0.2) is 80.5 Å². The first kappa shape index (κ1) is 35.9. The highest BCUT2D eigenvalue weighted by molar-refractivity contribution is 7.73. The molecule has 2 aliphatic heterocycles. The van der Waals surface area contributed by atoms with Gasteiger partial charge in [-0.2, -0.15) is 8.42 Å². The van der Waals surface area contributed by atoms with E-state index in [0.29, 0.717) is 54.4 Å². The maximum Gasteiger partial charge on any atom is 0.245 e. The molecule has 11 heteroatoms. The molecule has 2 aromatic rings. The van der Waals surface area contributed by atoms with Crippen molar-refractivity contribution in [3.63, 3.8) is 0 Å². The monoisotopic (exact) mass is 678 g/mol. The average molecular weight is 679 g/mol. The second-order valence-electron chi connectivity index (χ2n) is 13.1. The summed E-state index contributed by atoms with van der Waals surface area (Å²) in [5.74, 6) is 0.971. The lowest BCUT2D eigenvalue weighted by molar-refractivity contribution is 0.0393. The zero-order valence-electron chi connectivity index (χ0n) is 27.8. The number of methoxy groups -OCH3 is 1. The third-order valence-electron chi connectivity index (χ3n) is 9.41. The molecule has 0 amide bonds. The van der Waals surface area contributed by atoms with Crippen molar-refractivity contribution < 1.29 is 27.1 Å². The minimum atomic E-state index is -2.62. The SMILES string of the molecule is COCCCN1CCOc2ccc(C(O[C@H]3CNC[C@@H](O[Si](C(C)C)(C(C)C)C(C)C)[C@@H]3c3ccc(CCl)cc3)=S(=O)=O)cc21. The highest BCUT2D eigenvalue weighted by Gasteiger charge is 2.49. The van der Waals surface area contributed by atoms with Gasteiger partial charge in [-0.25, -0.2) is 0 Å². The number of nitrogens with zero attached hydrogens (tertiary/aromatic N) is 1. The number of rotatable bonds is 13. The Labute approximate surface area is 277 Å². The van der Waals surface area contributed by atoms with Gasteiger partial charge in [0.1, 0.15) is 12.4 Å². The Morgan fingerprint density at radius 2 is 1.69 bits per heavy atom. The van der Waals surface area contributed by atoms with E-state index in [1.165, 1.54) is 0 Å². The number of hydrogen-bond donors (Lipinski definition) is 1. The molecule has 4 rings (SSSR count). The molecule has 2 heterocycles. The van der Waals surface area contributed by atoms with Crippen molar-refractivity contribution in [2.24, 2.45) is 0 Å². The van der Waals surface area contributed by atoms with Crippen LogP contribution in [-0.2, 0) is 30.1 Å². The molecule has 0 saturated carbocycles. The molecule has 8 nitrogen and oxygen atoms in total. The zero-order chi connectivity index (χ0) is 32.7. The van der Waals surface area contributed by atoms with E-state index < -0.39 is 24.7 Å². The summed E-state index contributed by atoms with van der Waals surface area (Å²) in [7, 11) is -3.20. The first-order chi connectivity index (χ1) is 21.5. The van der Waals surface area contributed by atoms with E-state index in [4.69, 9.17) is 30.2 Å². The van der Waals surface area contributed by atoms with Crippen molar-refractivity contribution in [1.82, 2.24) is 5.32 Å². The predicted molar refractivity (Wildman–Crippen MR) is 186 cm³/mol. The van der Waals surface area contributed by atoms with Crippen molar-refractivity contribution >= 4 is 40.9 Å². The van der Waals surface area contributed by atoms with E-state index in [0.717, 1.165) is 42.1 Å². The predicted octanol–water partition coefficient (Wildman–Crippen LogP) is 6.35. The average Bonchev–Trinajstić information content (AvgIpc) is 3.02. The normalized spacial score (nSPS) is 20.4. The summed E-state index contributed by atoms with van der Waals surface area (Å²) in [6.45, 7) is 17.6. The second-order valence-corrected chi connectivity index (χ2v) is 19.6. The summed E-state index contributed by atoms with van der Waals surface area (Å²) >= 11 is 6.14. The van der Waals surface area contributed by atoms with Gasteiger partial charge in [0, 0.05) is 50.7 Å². The quantitative estimate of drug-likeness (QED) is 0.114. The molecule has 2 aliphatic rings. The number of anilines is 1. The number of fused-ring (bicyclic) bond motifs is 1. The fourth-order valence-corrected chi connectivity index (χ4v) is 13.7. The van der Waals surface area contributed by atoms with Gasteiger partial charge in [-0.15, -0.1) is 11.6 Å². The Morgan fingerprint density at radius 1 is 1.02 bits per heavy atom. The number of hydrogen-bond acceptors (Lipinski definition) is 8. The van der Waals surface area contributed by atoms with E-state index >= 15 is 0 Å². The smallest absolute Gasteiger partial charge is 0.245 e. The summed E-state index contributed by atoms with van der Waals surface area (Å²) in [6, 6.07) is 13.7. The third-order valence-corrected chi connectivity index (χ3v) is 16.5. The van der Waals surface area contributed by atoms with Crippen LogP contribution in [0.3, 0.4) is 0 Å². The fourth-order valence-electron chi connectivity index (χ4n) is 7.39. The Bertz CT molecular complexity index is 1370. The third kappa shape index (κ3) is 8.15. The Balaban J connectivity index is 1.72. The lowest BCUT2D eigenvalue weighted by atomic mass is 9.85. The van der Waals surface area contributed by atoms with Gasteiger partial charge in [0.15, 0.2) is 0 Å². The number of nitrogens with one attached hydrogen (secondary N) is 1. The first-order valence-electron chi connectivity index (χ1n) is 16.2. The lowest BCUT2D eigenvalue weighted by Gasteiger charge is -2.48. The van der Waals surface area contributed by atoms with Gasteiger partial charge in [0.2, 0.25) is 23.7 Å². The molecule has 0 spiro atoms. The van der Waals surface area contributed by atoms with E-state index in [1.54, 1.807) is 13.2 Å². The van der Waals surface area contributed by atoms with E-state index in [-0.39, 0.29) is 17.1 Å². The molecule has 0 unspecified atom stereocenters. The Hall–Kier alpha value is -1.92. The Kier molecular flexibility index (Phi) is 13.0. The van der Waals surface area contributed by atoms with Crippen LogP contribution in [0.15, 0.2) is 42.5 Å². The highest BCUT2D eigenvalue weighted by Crippen LogP contribution is 2.45. The number of benzene rings is 2. The summed E-state index contributed by atoms with van der Waals surface area (Å²) in [4.78, 5) is 2.22. The van der Waals surface area contributed by atoms with Crippen LogP contribution in [0, 0.1) is 0 Å². The van der Waals surface area contributed by atoms with Crippen LogP contribution >= 0.6 is 11.6 Å². The number of halogens is 1. The van der Waals surface area contributed by atoms with E-state index in [9.17, 15) is 8.42 Å². The molecule has 250 valence electrons.